The van der Waals surface area contributed by atoms with Crippen LogP contribution in [0.25, 0.3) is 10.9 Å². The maximum absolute atomic E-state index is 15.4. The number of hydrogen-bond acceptors (Lipinski definition) is 8. The molecule has 1 aromatic heterocycles. The van der Waals surface area contributed by atoms with E-state index in [1.54, 1.807) is 15.9 Å². The summed E-state index contributed by atoms with van der Waals surface area (Å²) in [5, 5.41) is 0.657. The van der Waals surface area contributed by atoms with Gasteiger partial charge in [0.1, 0.15) is 23.0 Å². The standard InChI is InChI=1S/C28H40BrClFN5O5Si/c1-28(2,3)41-27(38)36-13-11-34(12-14-36)24-19-17-20(30)21(29)22(31)23(19)32-25(33-24)40-18-7-9-35(10-8-18)26(37)39-15-16-42(4,5)6/h17-18H,7-16H2,1-6H3. The Morgan fingerprint density at radius 3 is 2.26 bits per heavy atom. The fourth-order valence-electron chi connectivity index (χ4n) is 4.70. The third-order valence-electron chi connectivity index (χ3n) is 7.07. The molecule has 2 aliphatic heterocycles. The number of benzene rings is 1. The summed E-state index contributed by atoms with van der Waals surface area (Å²) >= 11 is 9.53. The fraction of sp³-hybridized carbons (Fsp3) is 0.643. The Labute approximate surface area is 261 Å². The Morgan fingerprint density at radius 1 is 1.05 bits per heavy atom. The summed E-state index contributed by atoms with van der Waals surface area (Å²) in [6.45, 7) is 15.4. The van der Waals surface area contributed by atoms with Crippen molar-refractivity contribution in [3.05, 3.63) is 21.4 Å². The molecule has 0 N–H and O–H groups in total. The molecule has 2 aliphatic rings. The number of rotatable bonds is 6. The number of aromatic nitrogens is 2. The van der Waals surface area contributed by atoms with Crippen LogP contribution in [0.2, 0.25) is 30.7 Å². The third-order valence-corrected chi connectivity index (χ3v) is 10.1. The van der Waals surface area contributed by atoms with Gasteiger partial charge in [-0.3, -0.25) is 0 Å². The van der Waals surface area contributed by atoms with Crippen molar-refractivity contribution in [1.29, 1.82) is 0 Å². The smallest absolute Gasteiger partial charge is 0.410 e. The van der Waals surface area contributed by atoms with E-state index in [0.717, 1.165) is 6.04 Å². The molecule has 0 saturated carbocycles. The zero-order chi connectivity index (χ0) is 30.8. The van der Waals surface area contributed by atoms with Crippen molar-refractivity contribution in [2.24, 2.45) is 0 Å². The van der Waals surface area contributed by atoms with Crippen molar-refractivity contribution in [3.8, 4) is 6.01 Å². The van der Waals surface area contributed by atoms with Gasteiger partial charge in [-0.15, -0.1) is 0 Å². The molecule has 42 heavy (non-hydrogen) atoms. The average Bonchev–Trinajstić information content (AvgIpc) is 2.91. The van der Waals surface area contributed by atoms with E-state index < -0.39 is 19.5 Å². The summed E-state index contributed by atoms with van der Waals surface area (Å²) in [5.74, 6) is -0.121. The lowest BCUT2D eigenvalue weighted by atomic mass is 10.1. The quantitative estimate of drug-likeness (QED) is 0.249. The number of anilines is 1. The van der Waals surface area contributed by atoms with Gasteiger partial charge in [-0.1, -0.05) is 31.2 Å². The van der Waals surface area contributed by atoms with Crippen LogP contribution in [0.15, 0.2) is 10.5 Å². The van der Waals surface area contributed by atoms with Crippen molar-refractivity contribution in [3.63, 3.8) is 0 Å². The van der Waals surface area contributed by atoms with Gasteiger partial charge in [-0.2, -0.15) is 9.97 Å². The Hall–Kier alpha value is -2.38. The molecule has 10 nitrogen and oxygen atoms in total. The second-order valence-electron chi connectivity index (χ2n) is 12.9. The molecule has 2 saturated heterocycles. The van der Waals surface area contributed by atoms with Crippen LogP contribution in [-0.2, 0) is 9.47 Å². The van der Waals surface area contributed by atoms with Crippen LogP contribution in [0, 0.1) is 5.82 Å². The van der Waals surface area contributed by atoms with Crippen molar-refractivity contribution in [2.75, 3.05) is 50.8 Å². The molecule has 0 atom stereocenters. The van der Waals surface area contributed by atoms with E-state index in [0.29, 0.717) is 69.9 Å². The zero-order valence-electron chi connectivity index (χ0n) is 25.1. The SMILES string of the molecule is CC(C)(C)OC(=O)N1CCN(c2nc(OC3CCN(C(=O)OCC[Si](C)(C)C)CC3)nc3c(F)c(Br)c(Cl)cc23)CC1. The number of fused-ring (bicyclic) bond motifs is 1. The van der Waals surface area contributed by atoms with Crippen LogP contribution in [0.3, 0.4) is 0 Å². The number of piperidine rings is 1. The number of halogens is 3. The van der Waals surface area contributed by atoms with E-state index in [9.17, 15) is 9.59 Å². The first kappa shape index (κ1) is 32.5. The molecule has 3 heterocycles. The number of amides is 2. The monoisotopic (exact) mass is 687 g/mol. The van der Waals surface area contributed by atoms with E-state index in [1.807, 2.05) is 25.7 Å². The number of hydrogen-bond donors (Lipinski definition) is 0. The first-order valence-electron chi connectivity index (χ1n) is 14.3. The van der Waals surface area contributed by atoms with Gasteiger partial charge in [0.05, 0.1) is 16.1 Å². The molecule has 2 amide bonds. The van der Waals surface area contributed by atoms with E-state index in [1.165, 1.54) is 0 Å². The summed E-state index contributed by atoms with van der Waals surface area (Å²) in [5.41, 5.74) is -0.501. The molecule has 0 unspecified atom stereocenters. The van der Waals surface area contributed by atoms with Gasteiger partial charge in [-0.25, -0.2) is 14.0 Å². The number of piperazine rings is 1. The fourth-order valence-corrected chi connectivity index (χ4v) is 5.91. The van der Waals surface area contributed by atoms with Gasteiger partial charge in [0.25, 0.3) is 0 Å². The maximum atomic E-state index is 15.4. The van der Waals surface area contributed by atoms with Crippen LogP contribution in [0.5, 0.6) is 6.01 Å². The highest BCUT2D eigenvalue weighted by molar-refractivity contribution is 9.10. The van der Waals surface area contributed by atoms with Gasteiger partial charge >= 0.3 is 18.2 Å². The first-order chi connectivity index (χ1) is 19.6. The molecule has 1 aromatic carbocycles. The van der Waals surface area contributed by atoms with Gasteiger partial charge in [-0.05, 0) is 48.8 Å². The normalized spacial score (nSPS) is 17.0. The minimum absolute atomic E-state index is 0.0522. The van der Waals surface area contributed by atoms with Gasteiger partial charge in [0.15, 0.2) is 5.82 Å². The third kappa shape index (κ3) is 8.37. The lowest BCUT2D eigenvalue weighted by molar-refractivity contribution is 0.0240. The molecule has 14 heteroatoms. The molecule has 4 rings (SSSR count). The lowest BCUT2D eigenvalue weighted by Gasteiger charge is -2.36. The largest absolute Gasteiger partial charge is 0.460 e. The minimum atomic E-state index is -1.29. The van der Waals surface area contributed by atoms with Crippen LogP contribution in [-0.4, -0.2) is 97.6 Å². The predicted octanol–water partition coefficient (Wildman–Crippen LogP) is 6.56. The van der Waals surface area contributed by atoms with Crippen LogP contribution in [0.1, 0.15) is 33.6 Å². The average molecular weight is 689 g/mol. The summed E-state index contributed by atoms with van der Waals surface area (Å²) < 4.78 is 32.7. The second kappa shape index (κ2) is 13.1. The Bertz CT molecular complexity index is 1310. The maximum Gasteiger partial charge on any atom is 0.410 e. The highest BCUT2D eigenvalue weighted by Crippen LogP contribution is 2.37. The number of likely N-dealkylation sites (tertiary alicyclic amines) is 1. The van der Waals surface area contributed by atoms with Crippen molar-refractivity contribution >= 4 is 64.5 Å². The molecule has 2 fully saturated rings. The molecule has 2 aromatic rings. The summed E-state index contributed by atoms with van der Waals surface area (Å²) in [7, 11) is -1.29. The summed E-state index contributed by atoms with van der Waals surface area (Å²) in [4.78, 5) is 39.5. The van der Waals surface area contributed by atoms with E-state index in [2.05, 4.69) is 40.6 Å². The Kier molecular flexibility index (Phi) is 10.1. The Morgan fingerprint density at radius 2 is 1.67 bits per heavy atom. The number of carbonyl (C=O) groups excluding carboxylic acids is 2. The van der Waals surface area contributed by atoms with Crippen LogP contribution in [0.4, 0.5) is 19.8 Å². The summed E-state index contributed by atoms with van der Waals surface area (Å²) in [6.07, 6.45) is 0.222. The van der Waals surface area contributed by atoms with Gasteiger partial charge in [0, 0.05) is 65.6 Å². The van der Waals surface area contributed by atoms with Crippen LogP contribution < -0.4 is 9.64 Å². The van der Waals surface area contributed by atoms with E-state index in [-0.39, 0.29) is 39.3 Å². The second-order valence-corrected chi connectivity index (χ2v) is 19.7. The first-order valence-corrected chi connectivity index (χ1v) is 19.2. The lowest BCUT2D eigenvalue weighted by Crippen LogP contribution is -2.50. The van der Waals surface area contributed by atoms with Crippen LogP contribution >= 0.6 is 27.5 Å². The van der Waals surface area contributed by atoms with Crippen molar-refractivity contribution in [1.82, 2.24) is 19.8 Å². The molecule has 0 bridgehead atoms. The highest BCUT2D eigenvalue weighted by Gasteiger charge is 2.30. The molecule has 0 spiro atoms. The van der Waals surface area contributed by atoms with Crippen molar-refractivity contribution < 1.29 is 28.2 Å². The molecule has 0 radical (unpaired) electrons. The highest BCUT2D eigenvalue weighted by atomic mass is 79.9. The predicted molar refractivity (Wildman–Crippen MR) is 167 cm³/mol. The van der Waals surface area contributed by atoms with Gasteiger partial charge < -0.3 is 28.9 Å². The molecule has 232 valence electrons. The minimum Gasteiger partial charge on any atom is -0.460 e. The molecular formula is C28H40BrClFN5O5Si. The number of ether oxygens (including phenoxy) is 3. The Balaban J connectivity index is 1.47. The van der Waals surface area contributed by atoms with Crippen molar-refractivity contribution in [2.45, 2.75) is 71.0 Å². The van der Waals surface area contributed by atoms with E-state index >= 15 is 4.39 Å². The zero-order valence-corrected chi connectivity index (χ0v) is 28.5. The van der Waals surface area contributed by atoms with Gasteiger partial charge in [0.2, 0.25) is 0 Å². The molecule has 0 aliphatic carbocycles. The number of carbonyl (C=O) groups is 2. The van der Waals surface area contributed by atoms with E-state index in [4.69, 9.17) is 30.8 Å². The number of nitrogens with zero attached hydrogens (tertiary/aromatic N) is 5. The topological polar surface area (TPSA) is 97.3 Å². The molecular weight excluding hydrogens is 649 g/mol. The summed E-state index contributed by atoms with van der Waals surface area (Å²) in [6, 6.07) is 2.61.